The van der Waals surface area contributed by atoms with Gasteiger partial charge in [-0.1, -0.05) is 6.07 Å². The summed E-state index contributed by atoms with van der Waals surface area (Å²) in [5.74, 6) is 0.882. The average Bonchev–Trinajstić information content (AvgIpc) is 3.14. The molecule has 1 N–H and O–H groups in total. The number of hydrogen-bond donors (Lipinski definition) is 1. The van der Waals surface area contributed by atoms with Crippen LogP contribution in [0.15, 0.2) is 45.4 Å². The molecule has 2 aromatic heterocycles. The molecule has 2 aromatic rings. The number of hydrazone groups is 1. The van der Waals surface area contributed by atoms with Crippen molar-refractivity contribution in [2.24, 2.45) is 5.10 Å². The largest absolute Gasteiger partial charge is 0.467 e. The molecule has 3 heterocycles. The third-order valence-corrected chi connectivity index (χ3v) is 4.32. The number of rotatable bonds is 2. The Morgan fingerprint density at radius 2 is 2.42 bits per heavy atom. The highest BCUT2D eigenvalue weighted by atomic mass is 32.1. The minimum atomic E-state index is 0.0343. The molecule has 0 saturated heterocycles. The maximum Gasteiger partial charge on any atom is 0.190 e. The fourth-order valence-electron chi connectivity index (χ4n) is 2.11. The van der Waals surface area contributed by atoms with Gasteiger partial charge in [0.15, 0.2) is 5.11 Å². The summed E-state index contributed by atoms with van der Waals surface area (Å²) in [5.41, 5.74) is 1.05. The van der Waals surface area contributed by atoms with Crippen LogP contribution in [0.4, 0.5) is 0 Å². The summed E-state index contributed by atoms with van der Waals surface area (Å²) in [5, 5.41) is 12.1. The molecule has 0 spiro atoms. The topological polar surface area (TPSA) is 40.8 Å². The van der Waals surface area contributed by atoms with Gasteiger partial charge in [-0.25, -0.2) is 5.01 Å². The summed E-state index contributed by atoms with van der Waals surface area (Å²) in [6.45, 7) is 0. The second-order valence-corrected chi connectivity index (χ2v) is 5.49. The van der Waals surface area contributed by atoms with Crippen LogP contribution in [0.25, 0.3) is 0 Å². The third kappa shape index (κ3) is 2.29. The fourth-order valence-corrected chi connectivity index (χ4v) is 3.00. The standard InChI is InChI=1S/C13H13N3OS2/c1-14-13(18)16-10(11-4-2-6-17-11)8-9(15-16)12-5-3-7-19-12/h2-7,10H,8H2,1H3,(H,14,18)/t10-/m1/s1. The minimum Gasteiger partial charge on any atom is -0.467 e. The van der Waals surface area contributed by atoms with Crippen LogP contribution in [0.5, 0.6) is 0 Å². The van der Waals surface area contributed by atoms with Gasteiger partial charge in [0.1, 0.15) is 11.8 Å². The molecule has 4 nitrogen and oxygen atoms in total. The van der Waals surface area contributed by atoms with E-state index in [1.54, 1.807) is 24.6 Å². The van der Waals surface area contributed by atoms with E-state index in [0.29, 0.717) is 5.11 Å². The van der Waals surface area contributed by atoms with Gasteiger partial charge in [-0.2, -0.15) is 5.10 Å². The van der Waals surface area contributed by atoms with Crippen molar-refractivity contribution in [1.29, 1.82) is 0 Å². The number of hydrogen-bond acceptors (Lipinski definition) is 4. The Balaban J connectivity index is 1.93. The predicted molar refractivity (Wildman–Crippen MR) is 80.4 cm³/mol. The monoisotopic (exact) mass is 291 g/mol. The van der Waals surface area contributed by atoms with E-state index in [1.165, 1.54) is 4.88 Å². The molecule has 1 aliphatic rings. The van der Waals surface area contributed by atoms with E-state index in [1.807, 2.05) is 23.2 Å². The lowest BCUT2D eigenvalue weighted by Gasteiger charge is -2.21. The van der Waals surface area contributed by atoms with Crippen molar-refractivity contribution in [3.05, 3.63) is 46.5 Å². The maximum atomic E-state index is 5.51. The summed E-state index contributed by atoms with van der Waals surface area (Å²) in [6, 6.07) is 7.99. The number of nitrogens with one attached hydrogen (secondary N) is 1. The molecule has 19 heavy (non-hydrogen) atoms. The van der Waals surface area contributed by atoms with Crippen LogP contribution in [-0.4, -0.2) is 22.9 Å². The lowest BCUT2D eigenvalue weighted by Crippen LogP contribution is -2.34. The van der Waals surface area contributed by atoms with Gasteiger partial charge in [-0.3, -0.25) is 0 Å². The molecule has 3 rings (SSSR count). The van der Waals surface area contributed by atoms with E-state index < -0.39 is 0 Å². The molecule has 1 atom stereocenters. The summed E-state index contributed by atoms with van der Waals surface area (Å²) in [6.07, 6.45) is 2.48. The molecular weight excluding hydrogens is 278 g/mol. The first kappa shape index (κ1) is 12.4. The molecule has 0 aromatic carbocycles. The Kier molecular flexibility index (Phi) is 3.35. The van der Waals surface area contributed by atoms with Crippen molar-refractivity contribution in [2.45, 2.75) is 12.5 Å². The average molecular weight is 291 g/mol. The van der Waals surface area contributed by atoms with Crippen LogP contribution >= 0.6 is 23.6 Å². The van der Waals surface area contributed by atoms with Crippen molar-refractivity contribution in [1.82, 2.24) is 10.3 Å². The van der Waals surface area contributed by atoms with Crippen LogP contribution in [0.3, 0.4) is 0 Å². The molecule has 0 bridgehead atoms. The molecule has 0 unspecified atom stereocenters. The maximum absolute atomic E-state index is 5.51. The zero-order chi connectivity index (χ0) is 13.2. The minimum absolute atomic E-state index is 0.0343. The van der Waals surface area contributed by atoms with E-state index in [0.717, 1.165) is 17.9 Å². The van der Waals surface area contributed by atoms with E-state index in [2.05, 4.69) is 21.9 Å². The molecule has 0 amide bonds. The molecule has 0 saturated carbocycles. The first-order valence-corrected chi connectivity index (χ1v) is 7.24. The molecule has 98 valence electrons. The van der Waals surface area contributed by atoms with Gasteiger partial charge in [0.25, 0.3) is 0 Å². The van der Waals surface area contributed by atoms with Crippen molar-refractivity contribution in [3.63, 3.8) is 0 Å². The second kappa shape index (κ2) is 5.14. The van der Waals surface area contributed by atoms with Gasteiger partial charge in [0.2, 0.25) is 0 Å². The number of thiophene rings is 1. The third-order valence-electron chi connectivity index (χ3n) is 3.01. The molecule has 0 aliphatic carbocycles. The molecule has 1 aliphatic heterocycles. The van der Waals surface area contributed by atoms with E-state index in [-0.39, 0.29) is 6.04 Å². The smallest absolute Gasteiger partial charge is 0.190 e. The summed E-state index contributed by atoms with van der Waals surface area (Å²) < 4.78 is 5.51. The quantitative estimate of drug-likeness (QED) is 0.864. The van der Waals surface area contributed by atoms with Crippen molar-refractivity contribution in [3.8, 4) is 0 Å². The molecule has 6 heteroatoms. The summed E-state index contributed by atoms with van der Waals surface area (Å²) in [7, 11) is 1.81. The van der Waals surface area contributed by atoms with Crippen LogP contribution in [0.2, 0.25) is 0 Å². The highest BCUT2D eigenvalue weighted by Gasteiger charge is 2.33. The van der Waals surface area contributed by atoms with Crippen molar-refractivity contribution in [2.75, 3.05) is 7.05 Å². The van der Waals surface area contributed by atoms with Gasteiger partial charge in [-0.15, -0.1) is 11.3 Å². The first-order chi connectivity index (χ1) is 9.29. The van der Waals surface area contributed by atoms with Gasteiger partial charge in [0.05, 0.1) is 16.9 Å². The predicted octanol–water partition coefficient (Wildman–Crippen LogP) is 3.00. The van der Waals surface area contributed by atoms with Crippen LogP contribution in [-0.2, 0) is 0 Å². The van der Waals surface area contributed by atoms with Crippen LogP contribution < -0.4 is 5.32 Å². The van der Waals surface area contributed by atoms with E-state index >= 15 is 0 Å². The summed E-state index contributed by atoms with van der Waals surface area (Å²) in [4.78, 5) is 1.18. The highest BCUT2D eigenvalue weighted by Crippen LogP contribution is 2.33. The Hall–Kier alpha value is -1.66. The van der Waals surface area contributed by atoms with Gasteiger partial charge in [0, 0.05) is 13.5 Å². The fraction of sp³-hybridized carbons (Fsp3) is 0.231. The van der Waals surface area contributed by atoms with Crippen LogP contribution in [0.1, 0.15) is 23.1 Å². The molecule has 0 radical (unpaired) electrons. The summed E-state index contributed by atoms with van der Waals surface area (Å²) >= 11 is 7.01. The zero-order valence-corrected chi connectivity index (χ0v) is 12.0. The number of thiocarbonyl (C=S) groups is 1. The Bertz CT molecular complexity index is 589. The molecular formula is C13H13N3OS2. The zero-order valence-electron chi connectivity index (χ0n) is 10.4. The van der Waals surface area contributed by atoms with Crippen molar-refractivity contribution >= 4 is 34.4 Å². The molecule has 0 fully saturated rings. The van der Waals surface area contributed by atoms with E-state index in [9.17, 15) is 0 Å². The van der Waals surface area contributed by atoms with Gasteiger partial charge in [-0.05, 0) is 35.8 Å². The van der Waals surface area contributed by atoms with Gasteiger partial charge < -0.3 is 9.73 Å². The first-order valence-electron chi connectivity index (χ1n) is 5.95. The van der Waals surface area contributed by atoms with Crippen molar-refractivity contribution < 1.29 is 4.42 Å². The normalized spacial score (nSPS) is 18.5. The number of furan rings is 1. The van der Waals surface area contributed by atoms with E-state index in [4.69, 9.17) is 16.6 Å². The lowest BCUT2D eigenvalue weighted by molar-refractivity contribution is 0.312. The SMILES string of the molecule is CNC(=S)N1N=C(c2cccs2)C[C@@H]1c1ccco1. The lowest BCUT2D eigenvalue weighted by atomic mass is 10.1. The van der Waals surface area contributed by atoms with Gasteiger partial charge >= 0.3 is 0 Å². The highest BCUT2D eigenvalue weighted by molar-refractivity contribution is 7.80. The second-order valence-electron chi connectivity index (χ2n) is 4.16. The Morgan fingerprint density at radius 1 is 1.53 bits per heavy atom. The van der Waals surface area contributed by atoms with Crippen LogP contribution in [0, 0.1) is 0 Å². The Morgan fingerprint density at radius 3 is 3.05 bits per heavy atom. The number of nitrogens with zero attached hydrogens (tertiary/aromatic N) is 2. The Labute approximate surface area is 120 Å².